The van der Waals surface area contributed by atoms with Crippen molar-refractivity contribution in [3.05, 3.63) is 17.5 Å². The molecule has 0 bridgehead atoms. The van der Waals surface area contributed by atoms with E-state index in [0.29, 0.717) is 23.7 Å². The Hall–Kier alpha value is -1.12. The number of hydrogen-bond acceptors (Lipinski definition) is 4. The summed E-state index contributed by atoms with van der Waals surface area (Å²) in [7, 11) is -3.42. The Balaban J connectivity index is 1.50. The number of carbonyl (C=O) groups excluding carboxylic acids is 1. The largest absolute Gasteiger partial charge is 0.338 e. The molecule has 1 atom stereocenters. The van der Waals surface area contributed by atoms with Gasteiger partial charge in [-0.05, 0) is 43.6 Å². The van der Waals surface area contributed by atoms with Crippen LogP contribution in [0.25, 0.3) is 0 Å². The zero-order valence-electron chi connectivity index (χ0n) is 15.2. The van der Waals surface area contributed by atoms with Crippen molar-refractivity contribution in [3.8, 4) is 0 Å². The monoisotopic (exact) mass is 399 g/mol. The lowest BCUT2D eigenvalue weighted by Gasteiger charge is -2.34. The predicted molar refractivity (Wildman–Crippen MR) is 104 cm³/mol. The number of nitrogens with zero attached hydrogens (tertiary/aromatic N) is 1. The SMILES string of the molecule is O=C(NCC[C@@H]1CCCCN1S(=O)(=O)c1cccs1)NC1CCCCC1. The topological polar surface area (TPSA) is 78.5 Å². The Bertz CT molecular complexity index is 670. The average Bonchev–Trinajstić information content (AvgIpc) is 3.18. The zero-order chi connectivity index (χ0) is 18.4. The molecule has 2 N–H and O–H groups in total. The number of nitrogens with one attached hydrogen (secondary N) is 2. The first-order chi connectivity index (χ1) is 12.6. The minimum absolute atomic E-state index is 0.0363. The van der Waals surface area contributed by atoms with Crippen molar-refractivity contribution in [1.29, 1.82) is 0 Å². The van der Waals surface area contributed by atoms with Crippen molar-refractivity contribution >= 4 is 27.4 Å². The van der Waals surface area contributed by atoms with Crippen LogP contribution in [-0.2, 0) is 10.0 Å². The van der Waals surface area contributed by atoms with Gasteiger partial charge in [-0.1, -0.05) is 31.7 Å². The average molecular weight is 400 g/mol. The quantitative estimate of drug-likeness (QED) is 0.770. The lowest BCUT2D eigenvalue weighted by molar-refractivity contribution is 0.224. The minimum Gasteiger partial charge on any atom is -0.338 e. The summed E-state index contributed by atoms with van der Waals surface area (Å²) in [4.78, 5) is 12.1. The summed E-state index contributed by atoms with van der Waals surface area (Å²) in [5.41, 5.74) is 0. The van der Waals surface area contributed by atoms with Gasteiger partial charge >= 0.3 is 6.03 Å². The molecular formula is C18H29N3O3S2. The highest BCUT2D eigenvalue weighted by atomic mass is 32.2. The van der Waals surface area contributed by atoms with Crippen LogP contribution in [0, 0.1) is 0 Å². The Labute approximate surface area is 160 Å². The smallest absolute Gasteiger partial charge is 0.315 e. The van der Waals surface area contributed by atoms with E-state index in [-0.39, 0.29) is 18.1 Å². The standard InChI is InChI=1S/C18H29N3O3S2/c22-18(20-15-7-2-1-3-8-15)19-12-11-16-9-4-5-13-21(16)26(23,24)17-10-6-14-25-17/h6,10,14-16H,1-5,7-9,11-13H2,(H2,19,20,22)/t16-/m0/s1. The van der Waals surface area contributed by atoms with Gasteiger partial charge in [-0.15, -0.1) is 11.3 Å². The van der Waals surface area contributed by atoms with Gasteiger partial charge in [0.05, 0.1) is 0 Å². The molecule has 146 valence electrons. The molecule has 3 rings (SSSR count). The summed E-state index contributed by atoms with van der Waals surface area (Å²) in [6.45, 7) is 1.07. The molecule has 0 spiro atoms. The van der Waals surface area contributed by atoms with Crippen LogP contribution in [0.3, 0.4) is 0 Å². The van der Waals surface area contributed by atoms with Gasteiger partial charge in [-0.3, -0.25) is 0 Å². The zero-order valence-corrected chi connectivity index (χ0v) is 16.8. The summed E-state index contributed by atoms with van der Waals surface area (Å²) < 4.78 is 27.8. The van der Waals surface area contributed by atoms with Crippen LogP contribution in [0.1, 0.15) is 57.8 Å². The molecule has 1 saturated heterocycles. The number of hydrogen-bond donors (Lipinski definition) is 2. The first kappa shape index (κ1) is 19.6. The fraction of sp³-hybridized carbons (Fsp3) is 0.722. The molecule has 1 saturated carbocycles. The van der Waals surface area contributed by atoms with E-state index in [1.54, 1.807) is 21.8 Å². The van der Waals surface area contributed by atoms with Crippen molar-refractivity contribution in [2.24, 2.45) is 0 Å². The van der Waals surface area contributed by atoms with Gasteiger partial charge < -0.3 is 10.6 Å². The summed E-state index contributed by atoms with van der Waals surface area (Å²) in [5, 5.41) is 7.75. The second kappa shape index (κ2) is 9.19. The van der Waals surface area contributed by atoms with Gasteiger partial charge in [0.25, 0.3) is 10.0 Å². The molecule has 2 amide bonds. The molecule has 0 aromatic carbocycles. The number of urea groups is 1. The van der Waals surface area contributed by atoms with E-state index < -0.39 is 10.0 Å². The summed E-state index contributed by atoms with van der Waals surface area (Å²) in [6, 6.07) is 3.56. The van der Waals surface area contributed by atoms with Crippen LogP contribution >= 0.6 is 11.3 Å². The first-order valence-corrected chi connectivity index (χ1v) is 12.0. The lowest BCUT2D eigenvalue weighted by atomic mass is 9.96. The van der Waals surface area contributed by atoms with Gasteiger partial charge in [0.15, 0.2) is 0 Å². The minimum atomic E-state index is -3.42. The van der Waals surface area contributed by atoms with Crippen molar-refractivity contribution in [3.63, 3.8) is 0 Å². The third-order valence-electron chi connectivity index (χ3n) is 5.33. The molecule has 1 aromatic heterocycles. The molecule has 26 heavy (non-hydrogen) atoms. The van der Waals surface area contributed by atoms with Crippen molar-refractivity contribution in [1.82, 2.24) is 14.9 Å². The number of thiophene rings is 1. The maximum absolute atomic E-state index is 12.9. The van der Waals surface area contributed by atoms with E-state index in [2.05, 4.69) is 10.6 Å². The van der Waals surface area contributed by atoms with Crippen LogP contribution in [0.4, 0.5) is 4.79 Å². The Morgan fingerprint density at radius 3 is 2.65 bits per heavy atom. The Kier molecular flexibility index (Phi) is 6.94. The normalized spacial score (nSPS) is 22.8. The highest BCUT2D eigenvalue weighted by Crippen LogP contribution is 2.29. The number of rotatable bonds is 6. The maximum atomic E-state index is 12.9. The molecule has 0 radical (unpaired) electrons. The number of amides is 2. The highest BCUT2D eigenvalue weighted by Gasteiger charge is 2.33. The number of piperidine rings is 1. The second-order valence-electron chi connectivity index (χ2n) is 7.22. The van der Waals surface area contributed by atoms with Gasteiger partial charge in [-0.25, -0.2) is 13.2 Å². The molecule has 8 heteroatoms. The Morgan fingerprint density at radius 2 is 1.92 bits per heavy atom. The van der Waals surface area contributed by atoms with E-state index in [9.17, 15) is 13.2 Å². The number of carbonyl (C=O) groups is 1. The van der Waals surface area contributed by atoms with Crippen LogP contribution in [-0.4, -0.2) is 43.9 Å². The molecule has 2 aliphatic rings. The molecule has 2 heterocycles. The van der Waals surface area contributed by atoms with Crippen LogP contribution in [0.5, 0.6) is 0 Å². The molecule has 6 nitrogen and oxygen atoms in total. The fourth-order valence-corrected chi connectivity index (χ4v) is 6.78. The van der Waals surface area contributed by atoms with Crippen molar-refractivity contribution in [2.45, 2.75) is 74.1 Å². The molecule has 1 aromatic rings. The van der Waals surface area contributed by atoms with E-state index in [1.807, 2.05) is 0 Å². The third kappa shape index (κ3) is 4.98. The van der Waals surface area contributed by atoms with Crippen LogP contribution in [0.15, 0.2) is 21.7 Å². The molecular weight excluding hydrogens is 370 g/mol. The van der Waals surface area contributed by atoms with Crippen LogP contribution < -0.4 is 10.6 Å². The molecule has 2 fully saturated rings. The summed E-state index contributed by atoms with van der Waals surface area (Å²) in [5.74, 6) is 0. The molecule has 0 unspecified atom stereocenters. The maximum Gasteiger partial charge on any atom is 0.315 e. The van der Waals surface area contributed by atoms with Gasteiger partial charge in [0.1, 0.15) is 4.21 Å². The summed E-state index contributed by atoms with van der Waals surface area (Å²) in [6.07, 6.45) is 9.19. The van der Waals surface area contributed by atoms with E-state index in [1.165, 1.54) is 30.6 Å². The fourth-order valence-electron chi connectivity index (χ4n) is 3.94. The highest BCUT2D eigenvalue weighted by molar-refractivity contribution is 7.91. The predicted octanol–water partition coefficient (Wildman–Crippen LogP) is 3.31. The van der Waals surface area contributed by atoms with E-state index in [0.717, 1.165) is 32.1 Å². The molecule has 1 aliphatic heterocycles. The summed E-state index contributed by atoms with van der Waals surface area (Å²) >= 11 is 1.26. The van der Waals surface area contributed by atoms with Crippen molar-refractivity contribution < 1.29 is 13.2 Å². The van der Waals surface area contributed by atoms with Gasteiger partial charge in [0.2, 0.25) is 0 Å². The Morgan fingerprint density at radius 1 is 1.15 bits per heavy atom. The first-order valence-electron chi connectivity index (χ1n) is 9.67. The van der Waals surface area contributed by atoms with Gasteiger partial charge in [0, 0.05) is 25.2 Å². The third-order valence-corrected chi connectivity index (χ3v) is 8.66. The van der Waals surface area contributed by atoms with E-state index >= 15 is 0 Å². The number of sulfonamides is 1. The van der Waals surface area contributed by atoms with E-state index in [4.69, 9.17) is 0 Å². The van der Waals surface area contributed by atoms with Crippen LogP contribution in [0.2, 0.25) is 0 Å². The van der Waals surface area contributed by atoms with Gasteiger partial charge in [-0.2, -0.15) is 4.31 Å². The lowest BCUT2D eigenvalue weighted by Crippen LogP contribution is -2.47. The second-order valence-corrected chi connectivity index (χ2v) is 10.3. The van der Waals surface area contributed by atoms with Crippen molar-refractivity contribution in [2.75, 3.05) is 13.1 Å². The molecule has 1 aliphatic carbocycles.